The zero-order valence-electron chi connectivity index (χ0n) is 16.8. The zero-order valence-corrected chi connectivity index (χ0v) is 16.8. The lowest BCUT2D eigenvalue weighted by molar-refractivity contribution is -0.262. The molecule has 31 heavy (non-hydrogen) atoms. The number of carbonyl (C=O) groups excluding carboxylic acids is 1. The molecule has 0 spiro atoms. The van der Waals surface area contributed by atoms with Crippen molar-refractivity contribution in [2.45, 2.75) is 12.3 Å². The van der Waals surface area contributed by atoms with Crippen LogP contribution in [0.4, 0.5) is 0 Å². The van der Waals surface area contributed by atoms with E-state index < -0.39 is 5.72 Å². The number of benzene rings is 4. The van der Waals surface area contributed by atoms with E-state index in [1.54, 1.807) is 18.2 Å². The summed E-state index contributed by atoms with van der Waals surface area (Å²) in [4.78, 5) is 19.3. The fraction of sp³-hybridized carbons (Fsp3) is 0.0741. The van der Waals surface area contributed by atoms with Gasteiger partial charge in [0.05, 0.1) is 5.57 Å². The lowest BCUT2D eigenvalue weighted by atomic mass is 9.99. The van der Waals surface area contributed by atoms with Gasteiger partial charge in [0.15, 0.2) is 0 Å². The van der Waals surface area contributed by atoms with Crippen molar-refractivity contribution < 1.29 is 14.7 Å². The molecule has 1 N–H and O–H groups in total. The Morgan fingerprint density at radius 1 is 0.774 bits per heavy atom. The van der Waals surface area contributed by atoms with Gasteiger partial charge in [0, 0.05) is 5.56 Å². The fourth-order valence-electron chi connectivity index (χ4n) is 3.90. The van der Waals surface area contributed by atoms with Gasteiger partial charge in [-0.05, 0) is 34.0 Å². The summed E-state index contributed by atoms with van der Waals surface area (Å²) in [5.74, 6) is -0.377. The number of nitrogens with zero attached hydrogens (tertiary/aromatic N) is 1. The molecule has 4 nitrogen and oxygen atoms in total. The van der Waals surface area contributed by atoms with Crippen LogP contribution in [0.3, 0.4) is 0 Å². The third-order valence-corrected chi connectivity index (χ3v) is 5.53. The minimum Gasteiger partial charge on any atom is -0.362 e. The molecule has 0 fully saturated rings. The van der Waals surface area contributed by atoms with E-state index in [-0.39, 0.29) is 12.5 Å². The SMILES string of the molecule is O=C1C(c2ccc3ccccc3c2)=CC(O)(c2ccccc2)N1OCc1ccccc1. The number of hydrogen-bond acceptors (Lipinski definition) is 3. The summed E-state index contributed by atoms with van der Waals surface area (Å²) in [6.07, 6.45) is 1.58. The van der Waals surface area contributed by atoms with Crippen LogP contribution in [0.5, 0.6) is 0 Å². The van der Waals surface area contributed by atoms with Gasteiger partial charge in [-0.2, -0.15) is 5.06 Å². The normalized spacial score (nSPS) is 18.4. The van der Waals surface area contributed by atoms with E-state index >= 15 is 0 Å². The van der Waals surface area contributed by atoms with Crippen molar-refractivity contribution in [1.29, 1.82) is 0 Å². The molecule has 0 saturated carbocycles. The lowest BCUT2D eigenvalue weighted by Gasteiger charge is -2.32. The molecule has 0 saturated heterocycles. The van der Waals surface area contributed by atoms with Crippen LogP contribution in [0.1, 0.15) is 16.7 Å². The van der Waals surface area contributed by atoms with Gasteiger partial charge in [-0.15, -0.1) is 0 Å². The molecule has 0 bridgehead atoms. The molecule has 1 unspecified atom stereocenters. The minimum absolute atomic E-state index is 0.167. The van der Waals surface area contributed by atoms with Gasteiger partial charge >= 0.3 is 0 Å². The highest BCUT2D eigenvalue weighted by molar-refractivity contribution is 6.22. The highest BCUT2D eigenvalue weighted by Gasteiger charge is 2.47. The first-order chi connectivity index (χ1) is 15.1. The average molecular weight is 407 g/mol. The van der Waals surface area contributed by atoms with E-state index in [1.165, 1.54) is 0 Å². The Labute approximate surface area is 180 Å². The Bertz CT molecular complexity index is 1270. The number of hydrogen-bond donors (Lipinski definition) is 1. The number of amides is 1. The molecule has 4 aromatic carbocycles. The summed E-state index contributed by atoms with van der Waals surface area (Å²) in [5.41, 5.74) is 0.916. The average Bonchev–Trinajstić information content (AvgIpc) is 3.09. The number of hydroxylamine groups is 2. The zero-order chi connectivity index (χ0) is 21.3. The molecule has 1 aliphatic heterocycles. The molecule has 1 amide bonds. The Balaban J connectivity index is 1.55. The maximum absolute atomic E-state index is 13.4. The molecular formula is C27H21NO3. The molecule has 1 heterocycles. The van der Waals surface area contributed by atoms with Gasteiger partial charge < -0.3 is 5.11 Å². The van der Waals surface area contributed by atoms with Gasteiger partial charge in [-0.1, -0.05) is 97.1 Å². The van der Waals surface area contributed by atoms with Crippen molar-refractivity contribution in [3.05, 3.63) is 126 Å². The smallest absolute Gasteiger partial charge is 0.281 e. The topological polar surface area (TPSA) is 49.8 Å². The van der Waals surface area contributed by atoms with E-state index in [0.717, 1.165) is 27.0 Å². The van der Waals surface area contributed by atoms with Crippen molar-refractivity contribution >= 4 is 22.3 Å². The Kier molecular flexibility index (Phi) is 4.86. The minimum atomic E-state index is -1.70. The van der Waals surface area contributed by atoms with Crippen LogP contribution >= 0.6 is 0 Å². The van der Waals surface area contributed by atoms with Crippen LogP contribution in [0.15, 0.2) is 109 Å². The van der Waals surface area contributed by atoms with Gasteiger partial charge in [0.1, 0.15) is 6.61 Å². The van der Waals surface area contributed by atoms with Crippen LogP contribution in [0.25, 0.3) is 16.3 Å². The molecule has 1 aliphatic rings. The molecule has 0 radical (unpaired) electrons. The fourth-order valence-corrected chi connectivity index (χ4v) is 3.90. The summed E-state index contributed by atoms with van der Waals surface area (Å²) >= 11 is 0. The van der Waals surface area contributed by atoms with Gasteiger partial charge in [-0.25, -0.2) is 0 Å². The number of rotatable bonds is 5. The summed E-state index contributed by atoms with van der Waals surface area (Å²) in [5, 5.41) is 14.8. The third kappa shape index (κ3) is 3.52. The molecule has 5 rings (SSSR count). The monoisotopic (exact) mass is 407 g/mol. The van der Waals surface area contributed by atoms with E-state index in [0.29, 0.717) is 11.1 Å². The maximum atomic E-state index is 13.4. The van der Waals surface area contributed by atoms with Crippen LogP contribution in [-0.4, -0.2) is 16.1 Å². The van der Waals surface area contributed by atoms with Crippen molar-refractivity contribution in [3.63, 3.8) is 0 Å². The molecule has 4 aromatic rings. The summed E-state index contributed by atoms with van der Waals surface area (Å²) in [7, 11) is 0. The van der Waals surface area contributed by atoms with Crippen molar-refractivity contribution in [1.82, 2.24) is 5.06 Å². The van der Waals surface area contributed by atoms with E-state index in [2.05, 4.69) is 0 Å². The van der Waals surface area contributed by atoms with Crippen molar-refractivity contribution in [3.8, 4) is 0 Å². The van der Waals surface area contributed by atoms with Gasteiger partial charge in [-0.3, -0.25) is 9.63 Å². The quantitative estimate of drug-likeness (QED) is 0.504. The first-order valence-electron chi connectivity index (χ1n) is 10.2. The van der Waals surface area contributed by atoms with Crippen LogP contribution in [0.2, 0.25) is 0 Å². The third-order valence-electron chi connectivity index (χ3n) is 5.53. The van der Waals surface area contributed by atoms with Crippen LogP contribution in [0, 0.1) is 0 Å². The summed E-state index contributed by atoms with van der Waals surface area (Å²) in [6.45, 7) is 0.167. The van der Waals surface area contributed by atoms with Crippen LogP contribution in [-0.2, 0) is 22.0 Å². The first-order valence-corrected chi connectivity index (χ1v) is 10.2. The molecular weight excluding hydrogens is 386 g/mol. The first kappa shape index (κ1) is 19.2. The Morgan fingerprint density at radius 2 is 1.42 bits per heavy atom. The van der Waals surface area contributed by atoms with E-state index in [4.69, 9.17) is 4.84 Å². The largest absolute Gasteiger partial charge is 0.362 e. The molecule has 0 aromatic heterocycles. The maximum Gasteiger partial charge on any atom is 0.281 e. The highest BCUT2D eigenvalue weighted by Crippen LogP contribution is 2.40. The van der Waals surface area contributed by atoms with Gasteiger partial charge in [0.25, 0.3) is 5.91 Å². The second kappa shape index (κ2) is 7.84. The Morgan fingerprint density at radius 3 is 2.16 bits per heavy atom. The van der Waals surface area contributed by atoms with Gasteiger partial charge in [0.2, 0.25) is 5.72 Å². The second-order valence-electron chi connectivity index (χ2n) is 7.57. The number of aliphatic hydroxyl groups is 1. The van der Waals surface area contributed by atoms with Crippen LogP contribution < -0.4 is 0 Å². The summed E-state index contributed by atoms with van der Waals surface area (Å²) < 4.78 is 0. The number of fused-ring (bicyclic) bond motifs is 1. The second-order valence-corrected chi connectivity index (χ2v) is 7.57. The van der Waals surface area contributed by atoms with E-state index in [1.807, 2.05) is 91.0 Å². The summed E-state index contributed by atoms with van der Waals surface area (Å²) in [6, 6.07) is 32.5. The molecule has 1 atom stereocenters. The van der Waals surface area contributed by atoms with Crippen molar-refractivity contribution in [2.75, 3.05) is 0 Å². The standard InChI is InChI=1S/C27H21NO3/c29-26-25(23-16-15-21-11-7-8-12-22(21)17-23)18-27(30,24-13-5-2-6-14-24)28(26)31-19-20-9-3-1-4-10-20/h1-18,30H,19H2. The number of carbonyl (C=O) groups is 1. The van der Waals surface area contributed by atoms with Crippen molar-refractivity contribution in [2.24, 2.45) is 0 Å². The molecule has 152 valence electrons. The molecule has 4 heteroatoms. The van der Waals surface area contributed by atoms with E-state index in [9.17, 15) is 9.90 Å². The highest BCUT2D eigenvalue weighted by atomic mass is 16.7. The predicted octanol–water partition coefficient (Wildman–Crippen LogP) is 5.04. The lowest BCUT2D eigenvalue weighted by Crippen LogP contribution is -2.43. The Hall–Kier alpha value is -3.73. The predicted molar refractivity (Wildman–Crippen MR) is 120 cm³/mol. The molecule has 0 aliphatic carbocycles.